The SMILES string of the molecule is O=C1NC(=O)C(S)(S)C(=O)N1. The molecule has 1 fully saturated rings. The predicted molar refractivity (Wildman–Crippen MR) is 42.4 cm³/mol. The molecule has 0 atom stereocenters. The molecule has 1 heterocycles. The van der Waals surface area contributed by atoms with E-state index < -0.39 is 21.9 Å². The molecule has 1 aliphatic rings. The summed E-state index contributed by atoms with van der Waals surface area (Å²) >= 11 is 7.27. The Morgan fingerprint density at radius 1 is 1.00 bits per heavy atom. The Labute approximate surface area is 72.7 Å². The molecule has 2 N–H and O–H groups in total. The Morgan fingerprint density at radius 2 is 1.36 bits per heavy atom. The van der Waals surface area contributed by atoms with Crippen molar-refractivity contribution in [3.63, 3.8) is 0 Å². The fraction of sp³-hybridized carbons (Fsp3) is 0.250. The first-order valence-corrected chi connectivity index (χ1v) is 3.45. The Bertz CT molecular complexity index is 228. The van der Waals surface area contributed by atoms with Crippen molar-refractivity contribution < 1.29 is 14.4 Å². The third kappa shape index (κ3) is 1.33. The highest BCUT2D eigenvalue weighted by Gasteiger charge is 2.44. The van der Waals surface area contributed by atoms with Crippen LogP contribution in [0.15, 0.2) is 0 Å². The average molecular weight is 192 g/mol. The lowest BCUT2D eigenvalue weighted by atomic mass is 10.3. The smallest absolute Gasteiger partial charge is 0.275 e. The van der Waals surface area contributed by atoms with E-state index in [-0.39, 0.29) is 0 Å². The van der Waals surface area contributed by atoms with Crippen molar-refractivity contribution in [2.24, 2.45) is 0 Å². The molecule has 5 nitrogen and oxygen atoms in total. The average Bonchev–Trinajstić information content (AvgIpc) is 1.84. The molecule has 11 heavy (non-hydrogen) atoms. The van der Waals surface area contributed by atoms with Crippen LogP contribution in [0, 0.1) is 0 Å². The van der Waals surface area contributed by atoms with Crippen LogP contribution in [0.1, 0.15) is 0 Å². The largest absolute Gasteiger partial charge is 0.328 e. The molecule has 1 saturated heterocycles. The summed E-state index contributed by atoms with van der Waals surface area (Å²) in [6.45, 7) is 0. The summed E-state index contributed by atoms with van der Waals surface area (Å²) in [5, 5.41) is 3.67. The topological polar surface area (TPSA) is 75.3 Å². The molecule has 4 amide bonds. The molecular weight excluding hydrogens is 188 g/mol. The highest BCUT2D eigenvalue weighted by atomic mass is 32.2. The van der Waals surface area contributed by atoms with Gasteiger partial charge in [0.15, 0.2) is 0 Å². The van der Waals surface area contributed by atoms with Gasteiger partial charge in [-0.2, -0.15) is 0 Å². The number of nitrogens with one attached hydrogen (secondary N) is 2. The molecule has 0 bridgehead atoms. The molecule has 0 aromatic carbocycles. The van der Waals surface area contributed by atoms with Gasteiger partial charge in [-0.05, 0) is 0 Å². The van der Waals surface area contributed by atoms with Gasteiger partial charge in [0.2, 0.25) is 4.08 Å². The molecule has 0 aliphatic carbocycles. The first-order valence-electron chi connectivity index (χ1n) is 2.56. The molecule has 0 saturated carbocycles. The number of carbonyl (C=O) groups is 3. The summed E-state index contributed by atoms with van der Waals surface area (Å²) in [6.07, 6.45) is 0. The van der Waals surface area contributed by atoms with Crippen molar-refractivity contribution >= 4 is 43.1 Å². The fourth-order valence-corrected chi connectivity index (χ4v) is 0.739. The molecule has 1 rings (SSSR count). The number of amides is 4. The number of thiol groups is 2. The molecule has 1 aliphatic heterocycles. The molecular formula is C4H4N2O3S2. The van der Waals surface area contributed by atoms with E-state index >= 15 is 0 Å². The zero-order chi connectivity index (χ0) is 8.65. The van der Waals surface area contributed by atoms with Crippen molar-refractivity contribution in [2.45, 2.75) is 4.08 Å². The van der Waals surface area contributed by atoms with Crippen molar-refractivity contribution in [3.05, 3.63) is 0 Å². The molecule has 0 aromatic rings. The maximum atomic E-state index is 10.8. The minimum atomic E-state index is -1.76. The van der Waals surface area contributed by atoms with Crippen LogP contribution in [0.2, 0.25) is 0 Å². The Balaban J connectivity index is 2.93. The van der Waals surface area contributed by atoms with Gasteiger partial charge in [-0.3, -0.25) is 20.2 Å². The van der Waals surface area contributed by atoms with E-state index in [1.165, 1.54) is 0 Å². The lowest BCUT2D eigenvalue weighted by molar-refractivity contribution is -0.130. The summed E-state index contributed by atoms with van der Waals surface area (Å²) in [7, 11) is 0. The molecule has 0 radical (unpaired) electrons. The summed E-state index contributed by atoms with van der Waals surface area (Å²) in [5.41, 5.74) is 0. The number of hydrogen-bond acceptors (Lipinski definition) is 5. The Hall–Kier alpha value is -0.690. The van der Waals surface area contributed by atoms with E-state index in [1.807, 2.05) is 10.6 Å². The van der Waals surface area contributed by atoms with Crippen LogP contribution in [0.25, 0.3) is 0 Å². The number of urea groups is 1. The van der Waals surface area contributed by atoms with Gasteiger partial charge in [0, 0.05) is 0 Å². The van der Waals surface area contributed by atoms with E-state index in [4.69, 9.17) is 0 Å². The first kappa shape index (κ1) is 8.41. The van der Waals surface area contributed by atoms with E-state index in [9.17, 15) is 14.4 Å². The Kier molecular flexibility index (Phi) is 1.85. The summed E-state index contributed by atoms with van der Waals surface area (Å²) in [6, 6.07) is -0.848. The second-order valence-corrected chi connectivity index (χ2v) is 3.60. The second kappa shape index (κ2) is 2.42. The highest BCUT2D eigenvalue weighted by molar-refractivity contribution is 8.03. The third-order valence-electron chi connectivity index (χ3n) is 1.09. The van der Waals surface area contributed by atoms with Crippen LogP contribution in [-0.4, -0.2) is 21.9 Å². The number of imide groups is 2. The van der Waals surface area contributed by atoms with Gasteiger partial charge in [-0.25, -0.2) is 4.79 Å². The van der Waals surface area contributed by atoms with Crippen LogP contribution < -0.4 is 10.6 Å². The van der Waals surface area contributed by atoms with Gasteiger partial charge in [0.25, 0.3) is 11.8 Å². The quantitative estimate of drug-likeness (QED) is 0.224. The van der Waals surface area contributed by atoms with Crippen molar-refractivity contribution in [1.82, 2.24) is 10.6 Å². The normalized spacial score (nSPS) is 22.5. The summed E-state index contributed by atoms with van der Waals surface area (Å²) < 4.78 is -1.76. The lowest BCUT2D eigenvalue weighted by Crippen LogP contribution is -2.61. The molecule has 60 valence electrons. The van der Waals surface area contributed by atoms with E-state index in [0.717, 1.165) is 0 Å². The van der Waals surface area contributed by atoms with E-state index in [2.05, 4.69) is 25.3 Å². The lowest BCUT2D eigenvalue weighted by Gasteiger charge is -2.24. The van der Waals surface area contributed by atoms with Crippen molar-refractivity contribution in [2.75, 3.05) is 0 Å². The number of barbiturate groups is 1. The van der Waals surface area contributed by atoms with Gasteiger partial charge in [-0.15, -0.1) is 25.3 Å². The Morgan fingerprint density at radius 3 is 1.73 bits per heavy atom. The van der Waals surface area contributed by atoms with Crippen LogP contribution in [0.5, 0.6) is 0 Å². The van der Waals surface area contributed by atoms with Crippen molar-refractivity contribution in [1.29, 1.82) is 0 Å². The van der Waals surface area contributed by atoms with Gasteiger partial charge >= 0.3 is 6.03 Å². The van der Waals surface area contributed by atoms with E-state index in [0.29, 0.717) is 0 Å². The monoisotopic (exact) mass is 192 g/mol. The first-order chi connectivity index (χ1) is 4.94. The van der Waals surface area contributed by atoms with E-state index in [1.54, 1.807) is 0 Å². The second-order valence-electron chi connectivity index (χ2n) is 1.91. The standard InChI is InChI=1S/C4H4N2O3S2/c7-1-4(10,11)2(8)6-3(9)5-1/h10-11H,(H2,5,6,7,8,9). The minimum absolute atomic E-state index is 0.835. The summed E-state index contributed by atoms with van der Waals surface area (Å²) in [5.74, 6) is -1.67. The molecule has 0 unspecified atom stereocenters. The number of hydrogen-bond donors (Lipinski definition) is 4. The van der Waals surface area contributed by atoms with Gasteiger partial charge in [-0.1, -0.05) is 0 Å². The van der Waals surface area contributed by atoms with Gasteiger partial charge in [0.1, 0.15) is 0 Å². The minimum Gasteiger partial charge on any atom is -0.275 e. The summed E-state index contributed by atoms with van der Waals surface area (Å²) in [4.78, 5) is 32.0. The van der Waals surface area contributed by atoms with Crippen LogP contribution in [0.3, 0.4) is 0 Å². The van der Waals surface area contributed by atoms with Crippen LogP contribution in [0.4, 0.5) is 4.79 Å². The molecule has 7 heteroatoms. The fourth-order valence-electron chi connectivity index (χ4n) is 0.515. The van der Waals surface area contributed by atoms with Crippen LogP contribution in [-0.2, 0) is 9.59 Å². The zero-order valence-electron chi connectivity index (χ0n) is 5.12. The number of carbonyl (C=O) groups excluding carboxylic acids is 3. The van der Waals surface area contributed by atoms with Gasteiger partial charge < -0.3 is 0 Å². The maximum Gasteiger partial charge on any atom is 0.328 e. The zero-order valence-corrected chi connectivity index (χ0v) is 6.91. The highest BCUT2D eigenvalue weighted by Crippen LogP contribution is 2.21. The van der Waals surface area contributed by atoms with Crippen molar-refractivity contribution in [3.8, 4) is 0 Å². The molecule has 0 aromatic heterocycles. The van der Waals surface area contributed by atoms with Crippen LogP contribution >= 0.6 is 25.3 Å². The third-order valence-corrected chi connectivity index (χ3v) is 1.90. The maximum absolute atomic E-state index is 10.8. The predicted octanol–water partition coefficient (Wildman–Crippen LogP) is -1.09. The molecule has 0 spiro atoms. The van der Waals surface area contributed by atoms with Gasteiger partial charge in [0.05, 0.1) is 0 Å². The number of rotatable bonds is 0.